The van der Waals surface area contributed by atoms with Gasteiger partial charge in [-0.15, -0.1) is 0 Å². The summed E-state index contributed by atoms with van der Waals surface area (Å²) in [6, 6.07) is 5.75. The molecule has 0 aliphatic heterocycles. The number of Topliss-reactive ketones (excluding diaryl/α,β-unsaturated/α-hetero) is 1. The molecule has 1 aromatic carbocycles. The minimum absolute atomic E-state index is 0.0250. The molecule has 3 heteroatoms. The molecule has 20 heavy (non-hydrogen) atoms. The molecule has 0 radical (unpaired) electrons. The van der Waals surface area contributed by atoms with Gasteiger partial charge in [-0.1, -0.05) is 31.4 Å². The monoisotopic (exact) mass is 292 g/mol. The van der Waals surface area contributed by atoms with Crippen molar-refractivity contribution >= 4 is 16.6 Å². The number of benzene rings is 1. The Morgan fingerprint density at radius 2 is 1.80 bits per heavy atom. The number of rotatable bonds is 4. The van der Waals surface area contributed by atoms with E-state index in [1.54, 1.807) is 0 Å². The third-order valence-electron chi connectivity index (χ3n) is 4.39. The maximum atomic E-state index is 12.6. The molecule has 1 aromatic rings. The number of aryl methyl sites for hydroxylation is 2. The molecule has 0 N–H and O–H groups in total. The van der Waals surface area contributed by atoms with E-state index in [1.165, 1.54) is 12.0 Å². The Morgan fingerprint density at radius 3 is 2.40 bits per heavy atom. The molecule has 2 nitrogen and oxygen atoms in total. The van der Waals surface area contributed by atoms with Crippen LogP contribution in [-0.2, 0) is 10.8 Å². The number of carbonyl (C=O) groups excluding carboxylic acids is 1. The standard InChI is InChI=1S/C17H24O2S/c1-12-9-10-15(11-13(12)2)17(18)14(3)20(19)16-7-5-4-6-8-16/h9-11,14,16H,4-8H2,1-3H3. The van der Waals surface area contributed by atoms with E-state index in [0.717, 1.165) is 31.2 Å². The van der Waals surface area contributed by atoms with E-state index >= 15 is 0 Å². The van der Waals surface area contributed by atoms with Gasteiger partial charge in [0.05, 0.1) is 5.25 Å². The predicted molar refractivity (Wildman–Crippen MR) is 84.7 cm³/mol. The highest BCUT2D eigenvalue weighted by Crippen LogP contribution is 2.25. The van der Waals surface area contributed by atoms with Crippen LogP contribution in [0.25, 0.3) is 0 Å². The zero-order valence-corrected chi connectivity index (χ0v) is 13.5. The first-order valence-corrected chi connectivity index (χ1v) is 8.79. The molecule has 2 unspecified atom stereocenters. The normalized spacial score (nSPS) is 19.6. The van der Waals surface area contributed by atoms with E-state index in [1.807, 2.05) is 39.0 Å². The third-order valence-corrected chi connectivity index (χ3v) is 6.43. The van der Waals surface area contributed by atoms with Gasteiger partial charge >= 0.3 is 0 Å². The second kappa shape index (κ2) is 6.66. The van der Waals surface area contributed by atoms with Crippen LogP contribution >= 0.6 is 0 Å². The minimum atomic E-state index is -1.04. The second-order valence-electron chi connectivity index (χ2n) is 5.89. The summed E-state index contributed by atoms with van der Waals surface area (Å²) in [5.74, 6) is 0.0250. The molecular formula is C17H24O2S. The lowest BCUT2D eigenvalue weighted by Crippen LogP contribution is -2.31. The van der Waals surface area contributed by atoms with Crippen LogP contribution in [0.1, 0.15) is 60.5 Å². The zero-order chi connectivity index (χ0) is 14.7. The van der Waals surface area contributed by atoms with Gasteiger partial charge in [0.25, 0.3) is 0 Å². The first-order valence-electron chi connectivity index (χ1n) is 7.51. The van der Waals surface area contributed by atoms with E-state index in [4.69, 9.17) is 0 Å². The van der Waals surface area contributed by atoms with Crippen molar-refractivity contribution in [3.63, 3.8) is 0 Å². The zero-order valence-electron chi connectivity index (χ0n) is 12.6. The van der Waals surface area contributed by atoms with E-state index in [2.05, 4.69) is 0 Å². The molecular weight excluding hydrogens is 268 g/mol. The van der Waals surface area contributed by atoms with Crippen LogP contribution in [-0.4, -0.2) is 20.5 Å². The van der Waals surface area contributed by atoms with Gasteiger partial charge in [0.1, 0.15) is 0 Å². The summed E-state index contributed by atoms with van der Waals surface area (Å²) < 4.78 is 12.6. The topological polar surface area (TPSA) is 34.1 Å². The van der Waals surface area contributed by atoms with Crippen molar-refractivity contribution in [1.82, 2.24) is 0 Å². The number of hydrogen-bond acceptors (Lipinski definition) is 2. The van der Waals surface area contributed by atoms with Crippen molar-refractivity contribution in [3.8, 4) is 0 Å². The smallest absolute Gasteiger partial charge is 0.178 e. The van der Waals surface area contributed by atoms with Crippen molar-refractivity contribution in [2.75, 3.05) is 0 Å². The molecule has 1 aliphatic rings. The van der Waals surface area contributed by atoms with Crippen molar-refractivity contribution < 1.29 is 9.00 Å². The molecule has 2 rings (SSSR count). The summed E-state index contributed by atoms with van der Waals surface area (Å²) in [4.78, 5) is 12.5. The van der Waals surface area contributed by atoms with Crippen molar-refractivity contribution in [1.29, 1.82) is 0 Å². The Bertz CT molecular complexity index is 516. The molecule has 2 atom stereocenters. The average Bonchev–Trinajstić information content (AvgIpc) is 2.48. The van der Waals surface area contributed by atoms with Crippen LogP contribution in [0.5, 0.6) is 0 Å². The number of hydrogen-bond donors (Lipinski definition) is 0. The quantitative estimate of drug-likeness (QED) is 0.787. The van der Waals surface area contributed by atoms with E-state index in [9.17, 15) is 9.00 Å². The first kappa shape index (κ1) is 15.4. The fourth-order valence-corrected chi connectivity index (χ4v) is 4.54. The maximum Gasteiger partial charge on any atom is 0.178 e. The lowest BCUT2D eigenvalue weighted by atomic mass is 10.0. The van der Waals surface area contributed by atoms with Crippen LogP contribution in [0.2, 0.25) is 0 Å². The summed E-state index contributed by atoms with van der Waals surface area (Å²) in [6.07, 6.45) is 5.57. The van der Waals surface area contributed by atoms with Crippen molar-refractivity contribution in [2.45, 2.75) is 63.4 Å². The summed E-state index contributed by atoms with van der Waals surface area (Å²) in [6.45, 7) is 5.87. The van der Waals surface area contributed by atoms with Gasteiger partial charge < -0.3 is 0 Å². The number of ketones is 1. The SMILES string of the molecule is Cc1ccc(C(=O)C(C)S(=O)C2CCCCC2)cc1C. The van der Waals surface area contributed by atoms with Gasteiger partial charge in [-0.25, -0.2) is 0 Å². The van der Waals surface area contributed by atoms with Gasteiger partial charge in [-0.05, 0) is 50.8 Å². The largest absolute Gasteiger partial charge is 0.293 e. The summed E-state index contributed by atoms with van der Waals surface area (Å²) in [5, 5.41) is -0.172. The molecule has 0 bridgehead atoms. The lowest BCUT2D eigenvalue weighted by Gasteiger charge is -2.23. The van der Waals surface area contributed by atoms with Crippen molar-refractivity contribution in [2.24, 2.45) is 0 Å². The van der Waals surface area contributed by atoms with Gasteiger partial charge in [-0.2, -0.15) is 0 Å². The van der Waals surface area contributed by atoms with Crippen molar-refractivity contribution in [3.05, 3.63) is 34.9 Å². The van der Waals surface area contributed by atoms with Crippen LogP contribution in [0.4, 0.5) is 0 Å². The second-order valence-corrected chi connectivity index (χ2v) is 7.92. The Morgan fingerprint density at radius 1 is 1.15 bits per heavy atom. The summed E-state index contributed by atoms with van der Waals surface area (Å²) >= 11 is 0. The van der Waals surface area contributed by atoms with Crippen LogP contribution in [0.3, 0.4) is 0 Å². The average molecular weight is 292 g/mol. The van der Waals surface area contributed by atoms with Crippen LogP contribution in [0.15, 0.2) is 18.2 Å². The predicted octanol–water partition coefficient (Wildman–Crippen LogP) is 3.96. The fourth-order valence-electron chi connectivity index (χ4n) is 2.82. The first-order chi connectivity index (χ1) is 9.50. The maximum absolute atomic E-state index is 12.6. The molecule has 1 aliphatic carbocycles. The van der Waals surface area contributed by atoms with E-state index < -0.39 is 10.8 Å². The van der Waals surface area contributed by atoms with Crippen LogP contribution in [0, 0.1) is 13.8 Å². The highest BCUT2D eigenvalue weighted by Gasteiger charge is 2.28. The third kappa shape index (κ3) is 3.38. The van der Waals surface area contributed by atoms with Crippen LogP contribution < -0.4 is 0 Å². The van der Waals surface area contributed by atoms with Gasteiger partial charge in [0.2, 0.25) is 0 Å². The molecule has 0 amide bonds. The molecule has 0 saturated heterocycles. The molecule has 0 aromatic heterocycles. The summed E-state index contributed by atoms with van der Waals surface area (Å²) in [5.41, 5.74) is 3.00. The number of carbonyl (C=O) groups is 1. The van der Waals surface area contributed by atoms with Gasteiger partial charge in [0.15, 0.2) is 5.78 Å². The molecule has 110 valence electrons. The Labute approximate surface area is 124 Å². The molecule has 0 spiro atoms. The highest BCUT2D eigenvalue weighted by molar-refractivity contribution is 7.87. The van der Waals surface area contributed by atoms with Gasteiger partial charge in [0, 0.05) is 21.6 Å². The molecule has 0 heterocycles. The Balaban J connectivity index is 2.10. The Hall–Kier alpha value is -0.960. The molecule has 1 fully saturated rings. The fraction of sp³-hybridized carbons (Fsp3) is 0.588. The van der Waals surface area contributed by atoms with E-state index in [-0.39, 0.29) is 16.3 Å². The molecule has 1 saturated carbocycles. The van der Waals surface area contributed by atoms with Gasteiger partial charge in [-0.3, -0.25) is 9.00 Å². The highest BCUT2D eigenvalue weighted by atomic mass is 32.2. The lowest BCUT2D eigenvalue weighted by molar-refractivity contribution is 0.0992. The summed E-state index contributed by atoms with van der Waals surface area (Å²) in [7, 11) is -1.04. The Kier molecular flexibility index (Phi) is 5.14. The minimum Gasteiger partial charge on any atom is -0.293 e. The van der Waals surface area contributed by atoms with E-state index in [0.29, 0.717) is 5.56 Å².